The molecule has 0 spiro atoms. The molecule has 9 aliphatic heterocycles. The van der Waals surface area contributed by atoms with E-state index in [0.29, 0.717) is 0 Å². The number of hydrogen-bond donors (Lipinski definition) is 29. The number of carbonyl (C=O) groups excluding carboxylic acids is 1. The number of nitrogens with one attached hydrogen (secondary N) is 1. The largest absolute Gasteiger partial charge is 0.394 e. The number of carbonyl (C=O) groups is 1. The van der Waals surface area contributed by atoms with Crippen molar-refractivity contribution in [2.45, 2.75) is 283 Å². The zero-order valence-electron chi connectivity index (χ0n) is 54.2. The zero-order valence-corrected chi connectivity index (χ0v) is 54.2. The Labute approximate surface area is 581 Å². The second kappa shape index (κ2) is 36.7. The molecule has 0 aromatic carbocycles. The summed E-state index contributed by atoms with van der Waals surface area (Å²) >= 11 is 0. The molecule has 0 unspecified atom stereocenters. The quantitative estimate of drug-likeness (QED) is 0.0382. The van der Waals surface area contributed by atoms with E-state index in [2.05, 4.69) is 5.32 Å². The predicted molar refractivity (Wildman–Crippen MR) is 309 cm³/mol. The maximum Gasteiger partial charge on any atom is 0.217 e. The first-order valence-electron chi connectivity index (χ1n) is 32.7. The number of aliphatic hydroxyl groups excluding tert-OH is 28. The van der Waals surface area contributed by atoms with Crippen LogP contribution in [0.25, 0.3) is 0 Å². The van der Waals surface area contributed by atoms with Gasteiger partial charge in [0.2, 0.25) is 5.91 Å². The molecule has 9 aliphatic rings. The second-order valence-corrected chi connectivity index (χ2v) is 26.0. The van der Waals surface area contributed by atoms with E-state index in [-0.39, 0.29) is 0 Å². The minimum atomic E-state index is -2.52. The molecule has 0 bridgehead atoms. The number of rotatable bonds is 26. The van der Waals surface area contributed by atoms with Crippen LogP contribution in [0.3, 0.4) is 0 Å². The number of hydrogen-bond acceptors (Lipinski definition) is 46. The summed E-state index contributed by atoms with van der Waals surface area (Å²) in [4.78, 5) is 12.3. The molecule has 47 nitrogen and oxygen atoms in total. The Morgan fingerprint density at radius 1 is 0.252 bits per heavy atom. The minimum absolute atomic E-state index is 0.857. The molecule has 45 atom stereocenters. The van der Waals surface area contributed by atoms with Crippen molar-refractivity contribution in [2.24, 2.45) is 0 Å². The molecule has 0 aromatic rings. The highest BCUT2D eigenvalue weighted by Crippen LogP contribution is 2.40. The van der Waals surface area contributed by atoms with Crippen LogP contribution in [0, 0.1) is 0 Å². The van der Waals surface area contributed by atoms with E-state index in [0.717, 1.165) is 6.92 Å². The van der Waals surface area contributed by atoms with Crippen LogP contribution in [0.5, 0.6) is 0 Å². The van der Waals surface area contributed by atoms with Crippen LogP contribution in [0.4, 0.5) is 0 Å². The fourth-order valence-corrected chi connectivity index (χ4v) is 13.1. The van der Waals surface area contributed by atoms with Crippen LogP contribution in [-0.2, 0) is 85.3 Å². The fraction of sp³-hybridized carbons (Fsp3) is 0.982. The first-order valence-corrected chi connectivity index (χ1v) is 32.7. The zero-order chi connectivity index (χ0) is 75.6. The molecule has 0 radical (unpaired) electrons. The first-order chi connectivity index (χ1) is 48.8. The Kier molecular flexibility index (Phi) is 30.2. The molecule has 0 aliphatic carbocycles. The number of aliphatic hydroxyl groups is 28. The van der Waals surface area contributed by atoms with Gasteiger partial charge >= 0.3 is 0 Å². The average molecular weight is 1520 g/mol. The normalized spacial score (nSPS) is 52.4. The predicted octanol–water partition coefficient (Wildman–Crippen LogP) is -20.5. The van der Waals surface area contributed by atoms with Crippen LogP contribution in [0.2, 0.25) is 0 Å². The molecule has 600 valence electrons. The molecule has 9 rings (SSSR count). The smallest absolute Gasteiger partial charge is 0.217 e. The maximum atomic E-state index is 12.4. The standard InChI is InChI=1S/C56H95NO46/c1-11(65)57-21-30(74)42(18(8-64)89-48(21)86)98-53-41(85)44(100-55-47(36(80)27(71)16(6-62)94-55)103-56-46(35(79)26(70)17(7-63)95-56)102-52-39(83)33(77)24(68)14(4-60)92-52)29(73)20(97-53)10-88-50-40(84)43(28(72)19(96-50)9-87-49-37(81)31(75)22(66)12(2-58)90-49)99-54-45(34(78)25(69)15(5-61)93-54)101-51-38(82)32(76)23(67)13(3-59)91-51/h12-56,58-64,66-86H,2-10H2,1H3,(H,57,65)/t12-,13+,14-,15+,16-,17-,18-,19+,20+,21-,22-,23+,24-,25+,26-,27-,28+,29+,30-,31+,32-,33+,34+,35+,36+,37+,38-,39+,40-,41-,42-,43-,44-,45-,46+,47+,48-,49+,50-,51+,52-,53-,54+,55-,56-/m0/s1. The van der Waals surface area contributed by atoms with E-state index in [1.807, 2.05) is 0 Å². The SMILES string of the molecule is CC(=O)N[C@H]1[C@H](O)[C@@H](O[C@@H]2O[C@H](CO[C@H]3O[C@H](CO[C@@H]4O[C@@H](CO)[C@H](O)[C@@H](O)[C@H]4O)[C@@H](O)[C@H](O[C@H]4O[C@H](CO)[C@@H](O)[C@@H](O)[C@@H]4O[C@H]4O[C@H](CO)[C@@H](O)[C@H](O)[C@@H]4O)[C@@H]3O)[C@@H](O)[C@H](O[C@@H]3O[C@@H](CO)[C@H](O)[C@@H](O)[C@H]3O[C@@H]3O[C@@H](CO)[C@H](O)[C@@H](O)[C@H]3O[C@@H]3O[C@@H](CO)[C@H](O)[C@@H](O)[C@H]3O)[C@@H]2O)[C@H](CO)O[C@@H]1O. The Balaban J connectivity index is 1.05. The summed E-state index contributed by atoms with van der Waals surface area (Å²) in [6, 6.07) is -1.77. The Bertz CT molecular complexity index is 2580. The van der Waals surface area contributed by atoms with E-state index >= 15 is 0 Å². The Morgan fingerprint density at radius 3 is 0.854 bits per heavy atom. The van der Waals surface area contributed by atoms with E-state index < -0.39 is 342 Å². The molecule has 0 aromatic heterocycles. The molecule has 9 heterocycles. The van der Waals surface area contributed by atoms with Gasteiger partial charge in [0, 0.05) is 6.92 Å². The van der Waals surface area contributed by atoms with Crippen LogP contribution in [-0.4, -0.2) is 485 Å². The van der Waals surface area contributed by atoms with Gasteiger partial charge in [0.15, 0.2) is 56.6 Å². The summed E-state index contributed by atoms with van der Waals surface area (Å²) in [6.45, 7) is -8.75. The highest BCUT2D eigenvalue weighted by molar-refractivity contribution is 5.73. The van der Waals surface area contributed by atoms with Gasteiger partial charge in [-0.2, -0.15) is 0 Å². The molecule has 9 fully saturated rings. The van der Waals surface area contributed by atoms with Crippen LogP contribution >= 0.6 is 0 Å². The third-order valence-electron chi connectivity index (χ3n) is 19.1. The van der Waals surface area contributed by atoms with Gasteiger partial charge in [-0.25, -0.2) is 0 Å². The van der Waals surface area contributed by atoms with Gasteiger partial charge in [-0.05, 0) is 0 Å². The summed E-state index contributed by atoms with van der Waals surface area (Å²) in [6.07, 6.45) is -93.7. The van der Waals surface area contributed by atoms with Gasteiger partial charge in [-0.1, -0.05) is 0 Å². The number of amides is 1. The lowest BCUT2D eigenvalue weighted by atomic mass is 9.94. The molecule has 1 amide bonds. The number of ether oxygens (including phenoxy) is 17. The van der Waals surface area contributed by atoms with Crippen LogP contribution in [0.1, 0.15) is 6.92 Å². The van der Waals surface area contributed by atoms with E-state index in [1.54, 1.807) is 0 Å². The molecular weight excluding hydrogens is 1420 g/mol. The third kappa shape index (κ3) is 18.0. The summed E-state index contributed by atoms with van der Waals surface area (Å²) in [7, 11) is 0. The fourth-order valence-electron chi connectivity index (χ4n) is 13.1. The van der Waals surface area contributed by atoms with Gasteiger partial charge < -0.3 is 229 Å². The van der Waals surface area contributed by atoms with Crippen molar-refractivity contribution in [3.63, 3.8) is 0 Å². The lowest BCUT2D eigenvalue weighted by Gasteiger charge is -2.50. The summed E-state index contributed by atoms with van der Waals surface area (Å²) < 4.78 is 98.4. The molecule has 47 heteroatoms. The highest BCUT2D eigenvalue weighted by Gasteiger charge is 2.60. The molecular formula is C56H95NO46. The topological polar surface area (TPSA) is 752 Å². The lowest BCUT2D eigenvalue weighted by Crippen LogP contribution is -2.69. The van der Waals surface area contributed by atoms with Crippen LogP contribution < -0.4 is 5.32 Å². The van der Waals surface area contributed by atoms with Crippen molar-refractivity contribution in [1.82, 2.24) is 5.32 Å². The second-order valence-electron chi connectivity index (χ2n) is 26.0. The molecule has 0 saturated carbocycles. The van der Waals surface area contributed by atoms with Crippen molar-refractivity contribution in [2.75, 3.05) is 59.5 Å². The van der Waals surface area contributed by atoms with Crippen molar-refractivity contribution in [3.05, 3.63) is 0 Å². The lowest BCUT2D eigenvalue weighted by molar-refractivity contribution is -0.408. The molecule has 29 N–H and O–H groups in total. The Morgan fingerprint density at radius 2 is 0.505 bits per heavy atom. The minimum Gasteiger partial charge on any atom is -0.394 e. The van der Waals surface area contributed by atoms with Crippen molar-refractivity contribution in [1.29, 1.82) is 0 Å². The van der Waals surface area contributed by atoms with Crippen molar-refractivity contribution in [3.8, 4) is 0 Å². The van der Waals surface area contributed by atoms with Crippen molar-refractivity contribution < 1.29 is 228 Å². The van der Waals surface area contributed by atoms with E-state index in [4.69, 9.17) is 80.5 Å². The van der Waals surface area contributed by atoms with Gasteiger partial charge in [0.05, 0.1) is 59.5 Å². The van der Waals surface area contributed by atoms with Gasteiger partial charge in [-0.3, -0.25) is 4.79 Å². The maximum absolute atomic E-state index is 12.4. The highest BCUT2D eigenvalue weighted by atomic mass is 16.8. The monoisotopic (exact) mass is 1520 g/mol. The van der Waals surface area contributed by atoms with Crippen molar-refractivity contribution >= 4 is 5.91 Å². The average Bonchev–Trinajstić information content (AvgIpc) is 0.767. The van der Waals surface area contributed by atoms with Gasteiger partial charge in [0.1, 0.15) is 220 Å². The summed E-state index contributed by atoms with van der Waals surface area (Å²) in [5, 5.41) is 309. The van der Waals surface area contributed by atoms with E-state index in [1.165, 1.54) is 0 Å². The van der Waals surface area contributed by atoms with Gasteiger partial charge in [-0.15, -0.1) is 0 Å². The van der Waals surface area contributed by atoms with Crippen LogP contribution in [0.15, 0.2) is 0 Å². The van der Waals surface area contributed by atoms with E-state index in [9.17, 15) is 148 Å². The molecule has 103 heavy (non-hydrogen) atoms. The molecule has 9 saturated heterocycles. The first kappa shape index (κ1) is 84.7. The summed E-state index contributed by atoms with van der Waals surface area (Å²) in [5.41, 5.74) is 0. The Hall–Kier alpha value is -2.33. The van der Waals surface area contributed by atoms with Gasteiger partial charge in [0.25, 0.3) is 0 Å². The summed E-state index contributed by atoms with van der Waals surface area (Å²) in [5.74, 6) is -0.857. The third-order valence-corrected chi connectivity index (χ3v) is 19.1.